The monoisotopic (exact) mass is 312 g/mol. The van der Waals surface area contributed by atoms with Crippen LogP contribution in [-0.2, 0) is 0 Å². The highest BCUT2D eigenvalue weighted by atomic mass is 35.5. The molecule has 2 saturated heterocycles. The second-order valence-electron chi connectivity index (χ2n) is 6.01. The van der Waals surface area contributed by atoms with Gasteiger partial charge >= 0.3 is 0 Å². The van der Waals surface area contributed by atoms with Gasteiger partial charge < -0.3 is 10.2 Å². The summed E-state index contributed by atoms with van der Waals surface area (Å²) >= 11 is 0. The first-order valence-corrected chi connectivity index (χ1v) is 7.41. The fraction of sp³-hybridized carbons (Fsp3) is 0.562. The number of benzene rings is 1. The summed E-state index contributed by atoms with van der Waals surface area (Å²) in [4.78, 5) is 14.4. The Morgan fingerprint density at radius 3 is 2.43 bits per heavy atom. The Kier molecular flexibility index (Phi) is 5.22. The molecule has 3 nitrogen and oxygen atoms in total. The molecule has 1 amide bonds. The Balaban J connectivity index is 0.00000161. The standard InChI is InChI=1S/C16H21FN2O.ClH/c1-11-2-3-12(8-15(11)17)16(20)19-6-4-13-9-18-10-14(13)5-7-19;/h2-3,8,13-14,18H,4-7,9-10H2,1H3;1H/t13-,14+;. The Morgan fingerprint density at radius 1 is 1.24 bits per heavy atom. The molecule has 1 aromatic carbocycles. The van der Waals surface area contributed by atoms with E-state index in [1.165, 1.54) is 6.07 Å². The lowest BCUT2D eigenvalue weighted by molar-refractivity contribution is 0.0758. The topological polar surface area (TPSA) is 32.3 Å². The predicted octanol–water partition coefficient (Wildman–Crippen LogP) is 2.63. The summed E-state index contributed by atoms with van der Waals surface area (Å²) in [5, 5.41) is 3.43. The van der Waals surface area contributed by atoms with Crippen molar-refractivity contribution in [2.75, 3.05) is 26.2 Å². The van der Waals surface area contributed by atoms with Crippen LogP contribution in [0.1, 0.15) is 28.8 Å². The van der Waals surface area contributed by atoms with Crippen LogP contribution in [0.2, 0.25) is 0 Å². The van der Waals surface area contributed by atoms with Gasteiger partial charge in [0.1, 0.15) is 5.82 Å². The average molecular weight is 313 g/mol. The Morgan fingerprint density at radius 2 is 1.86 bits per heavy atom. The van der Waals surface area contributed by atoms with Gasteiger partial charge in [-0.1, -0.05) is 6.07 Å². The number of hydrogen-bond acceptors (Lipinski definition) is 2. The van der Waals surface area contributed by atoms with E-state index in [0.717, 1.165) is 39.0 Å². The first kappa shape index (κ1) is 16.2. The maximum atomic E-state index is 13.6. The van der Waals surface area contributed by atoms with Crippen LogP contribution in [0.3, 0.4) is 0 Å². The molecule has 2 fully saturated rings. The van der Waals surface area contributed by atoms with Gasteiger partial charge in [0.25, 0.3) is 5.91 Å². The zero-order valence-corrected chi connectivity index (χ0v) is 13.1. The second-order valence-corrected chi connectivity index (χ2v) is 6.01. The molecule has 0 aliphatic carbocycles. The minimum atomic E-state index is -0.299. The summed E-state index contributed by atoms with van der Waals surface area (Å²) in [5.74, 6) is 1.06. The number of hydrogen-bond donors (Lipinski definition) is 1. The molecule has 2 aliphatic heterocycles. The minimum Gasteiger partial charge on any atom is -0.339 e. The van der Waals surface area contributed by atoms with Crippen molar-refractivity contribution in [1.82, 2.24) is 10.2 Å². The maximum absolute atomic E-state index is 13.6. The van der Waals surface area contributed by atoms with Crippen LogP contribution in [0.15, 0.2) is 18.2 Å². The predicted molar refractivity (Wildman–Crippen MR) is 83.4 cm³/mol. The summed E-state index contributed by atoms with van der Waals surface area (Å²) in [6.07, 6.45) is 2.11. The van der Waals surface area contributed by atoms with Gasteiger partial charge in [0.05, 0.1) is 0 Å². The van der Waals surface area contributed by atoms with Crippen molar-refractivity contribution >= 4 is 18.3 Å². The number of carbonyl (C=O) groups is 1. The molecule has 1 aromatic rings. The Labute approximate surface area is 131 Å². The van der Waals surface area contributed by atoms with Crippen molar-refractivity contribution in [3.05, 3.63) is 35.1 Å². The van der Waals surface area contributed by atoms with E-state index in [0.29, 0.717) is 23.0 Å². The van der Waals surface area contributed by atoms with Gasteiger partial charge in [-0.05, 0) is 62.4 Å². The highest BCUT2D eigenvalue weighted by molar-refractivity contribution is 5.94. The van der Waals surface area contributed by atoms with Crippen molar-refractivity contribution in [1.29, 1.82) is 0 Å². The smallest absolute Gasteiger partial charge is 0.253 e. The molecular weight excluding hydrogens is 291 g/mol. The van der Waals surface area contributed by atoms with E-state index >= 15 is 0 Å². The highest BCUT2D eigenvalue weighted by Gasteiger charge is 2.31. The van der Waals surface area contributed by atoms with Gasteiger partial charge in [-0.3, -0.25) is 4.79 Å². The van der Waals surface area contributed by atoms with E-state index in [1.54, 1.807) is 19.1 Å². The number of carbonyl (C=O) groups excluding carboxylic acids is 1. The van der Waals surface area contributed by atoms with Crippen molar-refractivity contribution in [2.45, 2.75) is 19.8 Å². The van der Waals surface area contributed by atoms with Gasteiger partial charge in [0, 0.05) is 18.7 Å². The highest BCUT2D eigenvalue weighted by Crippen LogP contribution is 2.27. The number of fused-ring (bicyclic) bond motifs is 1. The van der Waals surface area contributed by atoms with Crippen LogP contribution in [0.25, 0.3) is 0 Å². The van der Waals surface area contributed by atoms with Crippen molar-refractivity contribution in [3.63, 3.8) is 0 Å². The number of halogens is 2. The van der Waals surface area contributed by atoms with E-state index in [2.05, 4.69) is 5.32 Å². The molecule has 5 heteroatoms. The first-order chi connectivity index (χ1) is 9.65. The van der Waals surface area contributed by atoms with Crippen LogP contribution < -0.4 is 5.32 Å². The van der Waals surface area contributed by atoms with Gasteiger partial charge in [0.15, 0.2) is 0 Å². The third kappa shape index (κ3) is 3.38. The van der Waals surface area contributed by atoms with E-state index < -0.39 is 0 Å². The second kappa shape index (κ2) is 6.75. The molecule has 3 rings (SSSR count). The third-order valence-electron chi connectivity index (χ3n) is 4.73. The number of likely N-dealkylation sites (tertiary alicyclic amines) is 1. The number of amides is 1. The fourth-order valence-electron chi connectivity index (χ4n) is 3.33. The molecule has 2 heterocycles. The van der Waals surface area contributed by atoms with Crippen LogP contribution in [0.4, 0.5) is 4.39 Å². The zero-order chi connectivity index (χ0) is 14.1. The SMILES string of the molecule is Cc1ccc(C(=O)N2CC[C@@H]3CNC[C@@H]3CC2)cc1F.Cl. The molecule has 116 valence electrons. The molecule has 0 aromatic heterocycles. The lowest BCUT2D eigenvalue weighted by atomic mass is 9.92. The molecule has 0 bridgehead atoms. The van der Waals surface area contributed by atoms with E-state index in [4.69, 9.17) is 0 Å². The van der Waals surface area contributed by atoms with Crippen LogP contribution in [-0.4, -0.2) is 37.0 Å². The molecule has 21 heavy (non-hydrogen) atoms. The lowest BCUT2D eigenvalue weighted by Gasteiger charge is -2.21. The van der Waals surface area contributed by atoms with E-state index in [1.807, 2.05) is 4.90 Å². The normalized spacial score (nSPS) is 25.0. The quantitative estimate of drug-likeness (QED) is 0.864. The van der Waals surface area contributed by atoms with Gasteiger partial charge in [0.2, 0.25) is 0 Å². The molecule has 0 unspecified atom stereocenters. The summed E-state index contributed by atoms with van der Waals surface area (Å²) in [6, 6.07) is 4.78. The van der Waals surface area contributed by atoms with Crippen LogP contribution in [0, 0.1) is 24.6 Å². The number of rotatable bonds is 1. The summed E-state index contributed by atoms with van der Waals surface area (Å²) in [6.45, 7) is 5.44. The Hall–Kier alpha value is -1.13. The van der Waals surface area contributed by atoms with Crippen LogP contribution in [0.5, 0.6) is 0 Å². The molecule has 0 spiro atoms. The largest absolute Gasteiger partial charge is 0.339 e. The molecule has 2 atom stereocenters. The van der Waals surface area contributed by atoms with Crippen molar-refractivity contribution in [2.24, 2.45) is 11.8 Å². The maximum Gasteiger partial charge on any atom is 0.253 e. The number of nitrogens with one attached hydrogen (secondary N) is 1. The van der Waals surface area contributed by atoms with E-state index in [-0.39, 0.29) is 24.1 Å². The van der Waals surface area contributed by atoms with Gasteiger partial charge in [-0.2, -0.15) is 0 Å². The number of nitrogens with zero attached hydrogens (tertiary/aromatic N) is 1. The molecule has 0 saturated carbocycles. The molecule has 1 N–H and O–H groups in total. The fourth-order valence-corrected chi connectivity index (χ4v) is 3.33. The average Bonchev–Trinajstić information content (AvgIpc) is 2.80. The summed E-state index contributed by atoms with van der Waals surface area (Å²) in [5.41, 5.74) is 1.05. The number of aryl methyl sites for hydroxylation is 1. The summed E-state index contributed by atoms with van der Waals surface area (Å²) < 4.78 is 13.6. The molecular formula is C16H22ClFN2O. The lowest BCUT2D eigenvalue weighted by Crippen LogP contribution is -2.32. The van der Waals surface area contributed by atoms with Gasteiger partial charge in [-0.25, -0.2) is 4.39 Å². The minimum absolute atomic E-state index is 0. The van der Waals surface area contributed by atoms with Gasteiger partial charge in [-0.15, -0.1) is 12.4 Å². The molecule has 2 aliphatic rings. The van der Waals surface area contributed by atoms with Crippen LogP contribution >= 0.6 is 12.4 Å². The van der Waals surface area contributed by atoms with Crippen molar-refractivity contribution in [3.8, 4) is 0 Å². The van der Waals surface area contributed by atoms with E-state index in [9.17, 15) is 9.18 Å². The Bertz CT molecular complexity index is 509. The zero-order valence-electron chi connectivity index (χ0n) is 12.3. The first-order valence-electron chi connectivity index (χ1n) is 7.41. The molecule has 0 radical (unpaired) electrons. The summed E-state index contributed by atoms with van der Waals surface area (Å²) in [7, 11) is 0. The van der Waals surface area contributed by atoms with Crippen molar-refractivity contribution < 1.29 is 9.18 Å². The third-order valence-corrected chi connectivity index (χ3v) is 4.73.